The molecule has 38 heavy (non-hydrogen) atoms. The highest BCUT2D eigenvalue weighted by atomic mass is 16.7. The van der Waals surface area contributed by atoms with E-state index >= 15 is 0 Å². The Hall–Kier alpha value is -3.46. The first-order valence-corrected chi connectivity index (χ1v) is 11.7. The van der Waals surface area contributed by atoms with Gasteiger partial charge in [0, 0.05) is 38.9 Å². The summed E-state index contributed by atoms with van der Waals surface area (Å²) < 4.78 is 43.2. The zero-order chi connectivity index (χ0) is 28.2. The van der Waals surface area contributed by atoms with Crippen LogP contribution in [0.1, 0.15) is 26.3 Å². The molecule has 1 aromatic rings. The predicted octanol–water partition coefficient (Wildman–Crippen LogP) is -0.395. The lowest BCUT2D eigenvalue weighted by molar-refractivity contribution is -0.282. The summed E-state index contributed by atoms with van der Waals surface area (Å²) >= 11 is 0. The van der Waals surface area contributed by atoms with Crippen LogP contribution in [0, 0.1) is 0 Å². The van der Waals surface area contributed by atoms with Gasteiger partial charge in [-0.25, -0.2) is 4.79 Å². The molecule has 0 spiro atoms. The van der Waals surface area contributed by atoms with Crippen molar-refractivity contribution in [3.05, 3.63) is 23.8 Å². The fourth-order valence-electron chi connectivity index (χ4n) is 3.57. The largest absolute Gasteiger partial charge is 0.491 e. The number of hydrogen-bond donors (Lipinski definition) is 2. The van der Waals surface area contributed by atoms with E-state index in [-0.39, 0.29) is 19.0 Å². The maximum absolute atomic E-state index is 12.6. The van der Waals surface area contributed by atoms with Gasteiger partial charge in [0.1, 0.15) is 18.1 Å². The number of carbonyl (C=O) groups excluding carboxylic acids is 4. The number of aliphatic hydroxyl groups is 1. The first-order chi connectivity index (χ1) is 18.1. The number of esters is 4. The van der Waals surface area contributed by atoms with Crippen LogP contribution in [-0.4, -0.2) is 93.2 Å². The SMILES string of the molecule is COC(=O)C1O[C@@H](Oc2cc(OCCOCCN)ccc2CO)[C@H](OC(C)=O)[C@@H](OC(C)=O)[C@@H]1OC(C)=O. The minimum Gasteiger partial charge on any atom is -0.491 e. The second-order valence-electron chi connectivity index (χ2n) is 7.97. The van der Waals surface area contributed by atoms with E-state index in [1.165, 1.54) is 12.1 Å². The second-order valence-corrected chi connectivity index (χ2v) is 7.97. The zero-order valence-electron chi connectivity index (χ0n) is 21.6. The molecule has 1 aromatic carbocycles. The van der Waals surface area contributed by atoms with E-state index in [0.717, 1.165) is 27.9 Å². The van der Waals surface area contributed by atoms with Gasteiger partial charge in [0.2, 0.25) is 12.4 Å². The lowest BCUT2D eigenvalue weighted by Crippen LogP contribution is -2.64. The molecule has 1 saturated heterocycles. The Balaban J connectivity index is 2.44. The molecule has 1 unspecified atom stereocenters. The Labute approximate surface area is 219 Å². The van der Waals surface area contributed by atoms with Gasteiger partial charge >= 0.3 is 23.9 Å². The number of hydrogen-bond acceptors (Lipinski definition) is 14. The number of benzene rings is 1. The van der Waals surface area contributed by atoms with Gasteiger partial charge in [0.15, 0.2) is 18.3 Å². The minimum atomic E-state index is -1.62. The van der Waals surface area contributed by atoms with Crippen molar-refractivity contribution in [3.63, 3.8) is 0 Å². The van der Waals surface area contributed by atoms with Crippen LogP contribution >= 0.6 is 0 Å². The van der Waals surface area contributed by atoms with E-state index in [0.29, 0.717) is 24.5 Å². The van der Waals surface area contributed by atoms with Gasteiger partial charge in [-0.2, -0.15) is 0 Å². The third-order valence-electron chi connectivity index (χ3n) is 5.05. The van der Waals surface area contributed by atoms with Gasteiger partial charge in [-0.3, -0.25) is 14.4 Å². The summed E-state index contributed by atoms with van der Waals surface area (Å²) in [7, 11) is 1.08. The highest BCUT2D eigenvalue weighted by Crippen LogP contribution is 2.33. The van der Waals surface area contributed by atoms with E-state index in [4.69, 9.17) is 43.6 Å². The van der Waals surface area contributed by atoms with Crippen LogP contribution in [0.25, 0.3) is 0 Å². The van der Waals surface area contributed by atoms with E-state index in [1.807, 2.05) is 0 Å². The molecular weight excluding hydrogens is 510 g/mol. The lowest BCUT2D eigenvalue weighted by Gasteiger charge is -2.43. The first kappa shape index (κ1) is 30.8. The minimum absolute atomic E-state index is 0.0474. The van der Waals surface area contributed by atoms with Crippen molar-refractivity contribution in [2.75, 3.05) is 33.5 Å². The van der Waals surface area contributed by atoms with Crippen molar-refractivity contribution < 1.29 is 62.2 Å². The number of carbonyl (C=O) groups is 4. The lowest BCUT2D eigenvalue weighted by atomic mass is 9.97. The van der Waals surface area contributed by atoms with Gasteiger partial charge in [0.25, 0.3) is 0 Å². The van der Waals surface area contributed by atoms with Crippen LogP contribution < -0.4 is 15.2 Å². The van der Waals surface area contributed by atoms with Gasteiger partial charge in [-0.1, -0.05) is 0 Å². The van der Waals surface area contributed by atoms with Crippen LogP contribution in [0.3, 0.4) is 0 Å². The highest BCUT2D eigenvalue weighted by molar-refractivity contribution is 5.77. The maximum atomic E-state index is 12.6. The number of methoxy groups -OCH3 is 1. The molecule has 5 atom stereocenters. The molecule has 2 rings (SSSR count). The number of ether oxygens (including phenoxy) is 8. The quantitative estimate of drug-likeness (QED) is 0.186. The van der Waals surface area contributed by atoms with Crippen molar-refractivity contribution in [3.8, 4) is 11.5 Å². The standard InChI is InChI=1S/C24H33NO13/c1-13(27)34-19-20(35-14(2)28)22(36-15(3)29)24(38-21(19)23(30)31-4)37-18-11-17(6-5-16(18)12-26)33-10-9-32-8-7-25/h5-6,11,19-22,24,26H,7-10,12,25H2,1-4H3/t19-,20-,21?,22+,24+/m0/s1. The van der Waals surface area contributed by atoms with Crippen LogP contribution in [0.5, 0.6) is 11.5 Å². The summed E-state index contributed by atoms with van der Waals surface area (Å²) in [6.45, 7) is 4.00. The Morgan fingerprint density at radius 1 is 0.921 bits per heavy atom. The van der Waals surface area contributed by atoms with Gasteiger partial charge in [-0.15, -0.1) is 0 Å². The van der Waals surface area contributed by atoms with Crippen molar-refractivity contribution in [1.29, 1.82) is 0 Å². The van der Waals surface area contributed by atoms with Crippen molar-refractivity contribution in [1.82, 2.24) is 0 Å². The molecule has 212 valence electrons. The summed E-state index contributed by atoms with van der Waals surface area (Å²) in [6.07, 6.45) is -7.75. The van der Waals surface area contributed by atoms with Gasteiger partial charge in [-0.05, 0) is 12.1 Å². The number of rotatable bonds is 13. The zero-order valence-corrected chi connectivity index (χ0v) is 21.6. The summed E-state index contributed by atoms with van der Waals surface area (Å²) in [5, 5.41) is 9.83. The van der Waals surface area contributed by atoms with Crippen LogP contribution in [0.15, 0.2) is 18.2 Å². The summed E-state index contributed by atoms with van der Waals surface area (Å²) in [5.74, 6) is -3.04. The number of aliphatic hydroxyl groups excluding tert-OH is 1. The van der Waals surface area contributed by atoms with E-state index in [9.17, 15) is 24.3 Å². The molecule has 1 aliphatic rings. The van der Waals surface area contributed by atoms with Gasteiger partial charge in [0.05, 0.1) is 26.9 Å². The van der Waals surface area contributed by atoms with E-state index in [2.05, 4.69) is 0 Å². The Bertz CT molecular complexity index is 969. The molecule has 0 amide bonds. The molecule has 0 saturated carbocycles. The first-order valence-electron chi connectivity index (χ1n) is 11.7. The van der Waals surface area contributed by atoms with Crippen molar-refractivity contribution in [2.24, 2.45) is 5.73 Å². The Morgan fingerprint density at radius 3 is 2.13 bits per heavy atom. The average molecular weight is 544 g/mol. The summed E-state index contributed by atoms with van der Waals surface area (Å²) in [4.78, 5) is 48.3. The Kier molecular flexibility index (Phi) is 12.2. The number of nitrogens with two attached hydrogens (primary N) is 1. The molecular formula is C24H33NO13. The van der Waals surface area contributed by atoms with Crippen LogP contribution in [0.4, 0.5) is 0 Å². The molecule has 0 bridgehead atoms. The average Bonchev–Trinajstić information content (AvgIpc) is 2.86. The normalized spacial score (nSPS) is 22.6. The molecule has 0 aromatic heterocycles. The van der Waals surface area contributed by atoms with Crippen molar-refractivity contribution >= 4 is 23.9 Å². The van der Waals surface area contributed by atoms with Crippen molar-refractivity contribution in [2.45, 2.75) is 58.1 Å². The van der Waals surface area contributed by atoms with Crippen LogP contribution in [0.2, 0.25) is 0 Å². The molecule has 3 N–H and O–H groups in total. The van der Waals surface area contributed by atoms with E-state index in [1.54, 1.807) is 6.07 Å². The summed E-state index contributed by atoms with van der Waals surface area (Å²) in [6, 6.07) is 4.55. The Morgan fingerprint density at radius 2 is 1.55 bits per heavy atom. The molecule has 14 nitrogen and oxygen atoms in total. The fourth-order valence-corrected chi connectivity index (χ4v) is 3.57. The second kappa shape index (κ2) is 15.1. The molecule has 14 heteroatoms. The monoisotopic (exact) mass is 543 g/mol. The third kappa shape index (κ3) is 8.83. The third-order valence-corrected chi connectivity index (χ3v) is 5.05. The smallest absolute Gasteiger partial charge is 0.339 e. The van der Waals surface area contributed by atoms with Crippen LogP contribution in [-0.2, 0) is 54.2 Å². The summed E-state index contributed by atoms with van der Waals surface area (Å²) in [5.41, 5.74) is 5.67. The predicted molar refractivity (Wildman–Crippen MR) is 126 cm³/mol. The maximum Gasteiger partial charge on any atom is 0.339 e. The molecule has 1 fully saturated rings. The fraction of sp³-hybridized carbons (Fsp3) is 0.583. The van der Waals surface area contributed by atoms with E-state index < -0.39 is 61.2 Å². The van der Waals surface area contributed by atoms with Gasteiger partial charge < -0.3 is 48.7 Å². The molecule has 0 radical (unpaired) electrons. The highest BCUT2D eigenvalue weighted by Gasteiger charge is 2.55. The molecule has 1 aliphatic heterocycles. The topological polar surface area (TPSA) is 188 Å². The molecule has 1 heterocycles. The molecule has 0 aliphatic carbocycles.